The number of carbonyl (C=O) groups excluding carboxylic acids is 1. The largest absolute Gasteiger partial charge is 0.508 e. The molecule has 0 spiro atoms. The summed E-state index contributed by atoms with van der Waals surface area (Å²) in [5, 5.41) is 18.6. The lowest BCUT2D eigenvalue weighted by molar-refractivity contribution is -0.132. The summed E-state index contributed by atoms with van der Waals surface area (Å²) in [5.74, 6) is -1.97. The summed E-state index contributed by atoms with van der Waals surface area (Å²) in [4.78, 5) is 12.7. The molecule has 23 heavy (non-hydrogen) atoms. The molecular weight excluding hydrogens is 297 g/mol. The molecule has 1 atom stereocenters. The van der Waals surface area contributed by atoms with Crippen molar-refractivity contribution >= 4 is 5.78 Å². The molecule has 1 unspecified atom stereocenters. The fourth-order valence-corrected chi connectivity index (χ4v) is 2.19. The molecule has 4 nitrogen and oxygen atoms in total. The molecule has 0 aliphatic heterocycles. The fraction of sp³-hybridized carbons (Fsp3) is 0.222. The van der Waals surface area contributed by atoms with Gasteiger partial charge in [-0.1, -0.05) is 18.2 Å². The van der Waals surface area contributed by atoms with E-state index in [2.05, 4.69) is 0 Å². The molecule has 0 radical (unpaired) electrons. The predicted molar refractivity (Wildman–Crippen MR) is 82.6 cm³/mol. The van der Waals surface area contributed by atoms with E-state index in [1.165, 1.54) is 56.3 Å². The van der Waals surface area contributed by atoms with Crippen LogP contribution in [0.25, 0.3) is 0 Å². The van der Waals surface area contributed by atoms with E-state index in [1.807, 2.05) is 6.07 Å². The van der Waals surface area contributed by atoms with Crippen molar-refractivity contribution in [2.75, 3.05) is 0 Å². The first-order valence-electron chi connectivity index (χ1n) is 7.01. The summed E-state index contributed by atoms with van der Waals surface area (Å²) >= 11 is 0. The predicted octanol–water partition coefficient (Wildman–Crippen LogP) is 3.57. The van der Waals surface area contributed by atoms with Crippen LogP contribution in [-0.4, -0.2) is 16.5 Å². The zero-order chi connectivity index (χ0) is 17.0. The Morgan fingerprint density at radius 1 is 1.22 bits per heavy atom. The second-order valence-electron chi connectivity index (χ2n) is 5.55. The highest BCUT2D eigenvalue weighted by molar-refractivity contribution is 5.95. The van der Waals surface area contributed by atoms with Gasteiger partial charge in [-0.3, -0.25) is 4.79 Å². The van der Waals surface area contributed by atoms with E-state index in [0.29, 0.717) is 5.75 Å². The van der Waals surface area contributed by atoms with Crippen LogP contribution in [0.4, 0.5) is 4.39 Å². The summed E-state index contributed by atoms with van der Waals surface area (Å²) in [6, 6.07) is 13.4. The van der Waals surface area contributed by atoms with Gasteiger partial charge in [0.15, 0.2) is 11.4 Å². The number of hydrogen-bond acceptors (Lipinski definition) is 4. The highest BCUT2D eigenvalue weighted by Crippen LogP contribution is 2.28. The number of rotatable bonds is 5. The van der Waals surface area contributed by atoms with Gasteiger partial charge in [0, 0.05) is 5.56 Å². The molecule has 0 aliphatic carbocycles. The van der Waals surface area contributed by atoms with Gasteiger partial charge in [-0.05, 0) is 44.2 Å². The number of hydrogen-bond donors (Lipinski definition) is 1. The van der Waals surface area contributed by atoms with Crippen molar-refractivity contribution in [3.05, 3.63) is 59.9 Å². The van der Waals surface area contributed by atoms with Crippen LogP contribution in [0.3, 0.4) is 0 Å². The van der Waals surface area contributed by atoms with Crippen molar-refractivity contribution in [2.24, 2.45) is 0 Å². The number of aromatic hydroxyl groups is 1. The van der Waals surface area contributed by atoms with Crippen LogP contribution in [0.1, 0.15) is 25.3 Å². The smallest absolute Gasteiger partial charge is 0.197 e. The van der Waals surface area contributed by atoms with Gasteiger partial charge >= 0.3 is 0 Å². The summed E-state index contributed by atoms with van der Waals surface area (Å²) in [7, 11) is 0. The van der Waals surface area contributed by atoms with Gasteiger partial charge in [0.1, 0.15) is 23.2 Å². The highest BCUT2D eigenvalue weighted by Gasteiger charge is 2.37. The van der Waals surface area contributed by atoms with Gasteiger partial charge in [0.25, 0.3) is 0 Å². The van der Waals surface area contributed by atoms with Crippen LogP contribution >= 0.6 is 0 Å². The van der Waals surface area contributed by atoms with Gasteiger partial charge in [-0.15, -0.1) is 0 Å². The first-order chi connectivity index (χ1) is 10.8. The lowest BCUT2D eigenvalue weighted by Crippen LogP contribution is -2.41. The van der Waals surface area contributed by atoms with E-state index in [-0.39, 0.29) is 11.3 Å². The van der Waals surface area contributed by atoms with E-state index in [9.17, 15) is 19.6 Å². The standard InChI is InChI=1S/C18H16FNO3/c1-18(2,23-13-9-7-12(21)8-10-13)17(22)15(11-20)14-5-3-4-6-16(14)19/h3-10,15,21H,1-2H3. The molecule has 0 fully saturated rings. The van der Waals surface area contributed by atoms with E-state index in [4.69, 9.17) is 4.74 Å². The molecule has 2 aromatic carbocycles. The Morgan fingerprint density at radius 3 is 2.39 bits per heavy atom. The topological polar surface area (TPSA) is 70.3 Å². The lowest BCUT2D eigenvalue weighted by Gasteiger charge is -2.27. The second kappa shape index (κ2) is 6.49. The Kier molecular flexibility index (Phi) is 4.65. The molecule has 0 heterocycles. The first-order valence-corrected chi connectivity index (χ1v) is 7.01. The average Bonchev–Trinajstić information content (AvgIpc) is 2.52. The number of halogens is 1. The van der Waals surface area contributed by atoms with Crippen molar-refractivity contribution < 1.29 is 19.0 Å². The fourth-order valence-electron chi connectivity index (χ4n) is 2.19. The third kappa shape index (κ3) is 3.67. The summed E-state index contributed by atoms with van der Waals surface area (Å²) < 4.78 is 19.5. The number of carbonyl (C=O) groups is 1. The SMILES string of the molecule is CC(C)(Oc1ccc(O)cc1)C(=O)C(C#N)c1ccccc1F. The third-order valence-corrected chi connectivity index (χ3v) is 3.41. The molecule has 0 saturated heterocycles. The Labute approximate surface area is 133 Å². The van der Waals surface area contributed by atoms with Crippen LogP contribution < -0.4 is 4.74 Å². The minimum Gasteiger partial charge on any atom is -0.508 e. The number of phenols is 1. The maximum atomic E-state index is 13.9. The van der Waals surface area contributed by atoms with E-state index in [0.717, 1.165) is 0 Å². The molecule has 118 valence electrons. The van der Waals surface area contributed by atoms with Crippen molar-refractivity contribution in [3.63, 3.8) is 0 Å². The van der Waals surface area contributed by atoms with Crippen molar-refractivity contribution in [3.8, 4) is 17.6 Å². The third-order valence-electron chi connectivity index (χ3n) is 3.41. The molecular formula is C18H16FNO3. The van der Waals surface area contributed by atoms with Gasteiger partial charge in [0.2, 0.25) is 0 Å². The molecule has 0 aliphatic rings. The minimum absolute atomic E-state index is 0.0300. The highest BCUT2D eigenvalue weighted by atomic mass is 19.1. The van der Waals surface area contributed by atoms with Crippen LogP contribution in [-0.2, 0) is 4.79 Å². The van der Waals surface area contributed by atoms with E-state index >= 15 is 0 Å². The second-order valence-corrected chi connectivity index (χ2v) is 5.55. The summed E-state index contributed by atoms with van der Waals surface area (Å²) in [6.07, 6.45) is 0. The van der Waals surface area contributed by atoms with Crippen LogP contribution in [0.5, 0.6) is 11.5 Å². The maximum absolute atomic E-state index is 13.9. The van der Waals surface area contributed by atoms with Gasteiger partial charge in [-0.25, -0.2) is 4.39 Å². The number of Topliss-reactive ketones (excluding diaryl/α,β-unsaturated/α-hetero) is 1. The van der Waals surface area contributed by atoms with Crippen molar-refractivity contribution in [1.82, 2.24) is 0 Å². The van der Waals surface area contributed by atoms with Crippen molar-refractivity contribution in [2.45, 2.75) is 25.4 Å². The van der Waals surface area contributed by atoms with Crippen molar-refractivity contribution in [1.29, 1.82) is 5.26 Å². The number of ether oxygens (including phenoxy) is 1. The Morgan fingerprint density at radius 2 is 1.83 bits per heavy atom. The normalized spacial score (nSPS) is 12.3. The molecule has 2 aromatic rings. The molecule has 0 saturated carbocycles. The quantitative estimate of drug-likeness (QED) is 0.916. The molecule has 0 bridgehead atoms. The van der Waals surface area contributed by atoms with E-state index in [1.54, 1.807) is 6.07 Å². The molecule has 0 aromatic heterocycles. The van der Waals surface area contributed by atoms with Crippen LogP contribution in [0.2, 0.25) is 0 Å². The van der Waals surface area contributed by atoms with Gasteiger partial charge < -0.3 is 9.84 Å². The maximum Gasteiger partial charge on any atom is 0.197 e. The molecule has 0 amide bonds. The molecule has 2 rings (SSSR count). The number of phenolic OH excluding ortho intramolecular Hbond substituents is 1. The lowest BCUT2D eigenvalue weighted by atomic mass is 9.87. The Bertz CT molecular complexity index is 748. The number of nitrogens with zero attached hydrogens (tertiary/aromatic N) is 1. The minimum atomic E-state index is -1.33. The van der Waals surface area contributed by atoms with E-state index < -0.39 is 23.1 Å². The zero-order valence-corrected chi connectivity index (χ0v) is 12.8. The summed E-state index contributed by atoms with van der Waals surface area (Å²) in [6.45, 7) is 3.04. The van der Waals surface area contributed by atoms with Gasteiger partial charge in [0.05, 0.1) is 6.07 Å². The number of ketones is 1. The Balaban J connectivity index is 2.27. The Hall–Kier alpha value is -2.87. The average molecular weight is 313 g/mol. The first kappa shape index (κ1) is 16.5. The van der Waals surface area contributed by atoms with Crippen LogP contribution in [0, 0.1) is 17.1 Å². The zero-order valence-electron chi connectivity index (χ0n) is 12.8. The monoisotopic (exact) mass is 313 g/mol. The van der Waals surface area contributed by atoms with Gasteiger partial charge in [-0.2, -0.15) is 5.26 Å². The molecule has 5 heteroatoms. The van der Waals surface area contributed by atoms with Crippen LogP contribution in [0.15, 0.2) is 48.5 Å². The molecule has 1 N–H and O–H groups in total. The number of benzene rings is 2. The number of nitriles is 1. The summed E-state index contributed by atoms with van der Waals surface area (Å²) in [5.41, 5.74) is -1.30.